The van der Waals surface area contributed by atoms with Crippen molar-refractivity contribution in [2.24, 2.45) is 5.73 Å². The Labute approximate surface area is 129 Å². The summed E-state index contributed by atoms with van der Waals surface area (Å²) in [7, 11) is 0. The average Bonchev–Trinajstić information content (AvgIpc) is 2.30. The Morgan fingerprint density at radius 3 is 2.71 bits per heavy atom. The first-order valence-electron chi connectivity index (χ1n) is 6.32. The highest BCUT2D eigenvalue weighted by atomic mass is 79.9. The van der Waals surface area contributed by atoms with Crippen LogP contribution in [0.5, 0.6) is 5.75 Å². The minimum atomic E-state index is -4.83. The monoisotopic (exact) mass is 368 g/mol. The second-order valence-corrected chi connectivity index (χ2v) is 5.41. The molecule has 0 saturated carbocycles. The van der Waals surface area contributed by atoms with Crippen LogP contribution in [-0.2, 0) is 4.79 Å². The number of carbonyl (C=O) groups is 1. The maximum absolute atomic E-state index is 12.3. The molecule has 0 heterocycles. The zero-order valence-electron chi connectivity index (χ0n) is 11.3. The smallest absolute Gasteiger partial charge is 0.404 e. The number of ether oxygens (including phenoxy) is 1. The molecule has 1 unspecified atom stereocenters. The molecule has 21 heavy (non-hydrogen) atoms. The van der Waals surface area contributed by atoms with E-state index < -0.39 is 18.0 Å². The molecule has 0 aromatic heterocycles. The number of hydrogen-bond acceptors (Lipinski definition) is 3. The number of benzene rings is 1. The van der Waals surface area contributed by atoms with Crippen LogP contribution < -0.4 is 15.8 Å². The molecule has 0 aliphatic heterocycles. The van der Waals surface area contributed by atoms with Crippen molar-refractivity contribution in [1.82, 2.24) is 0 Å². The van der Waals surface area contributed by atoms with Gasteiger partial charge in [0.25, 0.3) is 0 Å². The third kappa shape index (κ3) is 6.81. The van der Waals surface area contributed by atoms with E-state index in [1.54, 1.807) is 0 Å². The van der Waals surface area contributed by atoms with Crippen LogP contribution in [0.1, 0.15) is 26.2 Å². The van der Waals surface area contributed by atoms with Gasteiger partial charge in [0, 0.05) is 16.9 Å². The van der Waals surface area contributed by atoms with Crippen molar-refractivity contribution in [3.8, 4) is 5.75 Å². The van der Waals surface area contributed by atoms with Crippen LogP contribution in [-0.4, -0.2) is 18.3 Å². The van der Waals surface area contributed by atoms with Crippen molar-refractivity contribution >= 4 is 27.5 Å². The fourth-order valence-electron chi connectivity index (χ4n) is 1.72. The number of nitrogens with one attached hydrogen (secondary N) is 1. The van der Waals surface area contributed by atoms with Gasteiger partial charge in [-0.25, -0.2) is 0 Å². The Bertz CT molecular complexity index is 495. The van der Waals surface area contributed by atoms with Crippen LogP contribution in [0.15, 0.2) is 22.7 Å². The van der Waals surface area contributed by atoms with Gasteiger partial charge in [0.2, 0.25) is 5.91 Å². The Morgan fingerprint density at radius 1 is 1.48 bits per heavy atom. The molecule has 1 aromatic carbocycles. The summed E-state index contributed by atoms with van der Waals surface area (Å²) in [5, 5.41) is 2.38. The van der Waals surface area contributed by atoms with Gasteiger partial charge in [-0.15, -0.1) is 13.2 Å². The van der Waals surface area contributed by atoms with E-state index in [1.807, 2.05) is 6.92 Å². The molecule has 4 nitrogen and oxygen atoms in total. The predicted molar refractivity (Wildman–Crippen MR) is 77.0 cm³/mol. The van der Waals surface area contributed by atoms with Crippen molar-refractivity contribution in [3.05, 3.63) is 22.7 Å². The number of rotatable bonds is 6. The van der Waals surface area contributed by atoms with E-state index in [1.165, 1.54) is 12.1 Å². The Balaban J connectivity index is 2.80. The normalized spacial score (nSPS) is 12.9. The molecule has 0 fully saturated rings. The lowest BCUT2D eigenvalue weighted by atomic mass is 10.1. The van der Waals surface area contributed by atoms with Crippen molar-refractivity contribution in [2.45, 2.75) is 38.6 Å². The fourth-order valence-corrected chi connectivity index (χ4v) is 2.06. The summed E-state index contributed by atoms with van der Waals surface area (Å²) in [4.78, 5) is 11.8. The summed E-state index contributed by atoms with van der Waals surface area (Å²) >= 11 is 3.05. The fraction of sp³-hybridized carbons (Fsp3) is 0.462. The van der Waals surface area contributed by atoms with E-state index in [0.717, 1.165) is 12.5 Å². The summed E-state index contributed by atoms with van der Waals surface area (Å²) < 4.78 is 41.3. The minimum Gasteiger partial charge on any atom is -0.404 e. The largest absolute Gasteiger partial charge is 0.573 e. The van der Waals surface area contributed by atoms with Crippen LogP contribution in [0.2, 0.25) is 0 Å². The third-order valence-corrected chi connectivity index (χ3v) is 3.04. The molecule has 1 atom stereocenters. The van der Waals surface area contributed by atoms with Gasteiger partial charge >= 0.3 is 6.36 Å². The molecule has 118 valence electrons. The average molecular weight is 369 g/mol. The van der Waals surface area contributed by atoms with Crippen molar-refractivity contribution in [1.29, 1.82) is 0 Å². The molecule has 0 bridgehead atoms. The number of amides is 1. The Kier molecular flexibility index (Phi) is 6.47. The van der Waals surface area contributed by atoms with Crippen molar-refractivity contribution in [2.75, 3.05) is 5.32 Å². The minimum absolute atomic E-state index is 0.0371. The van der Waals surface area contributed by atoms with Crippen LogP contribution in [0.25, 0.3) is 0 Å². The highest BCUT2D eigenvalue weighted by Gasteiger charge is 2.32. The lowest BCUT2D eigenvalue weighted by Gasteiger charge is -2.15. The van der Waals surface area contributed by atoms with E-state index in [0.29, 0.717) is 10.9 Å². The van der Waals surface area contributed by atoms with Gasteiger partial charge in [-0.05, 0) is 24.6 Å². The molecular weight excluding hydrogens is 353 g/mol. The first-order valence-corrected chi connectivity index (χ1v) is 7.11. The molecule has 1 aromatic rings. The van der Waals surface area contributed by atoms with Gasteiger partial charge in [0.1, 0.15) is 0 Å². The third-order valence-electron chi connectivity index (χ3n) is 2.55. The second kappa shape index (κ2) is 7.65. The second-order valence-electron chi connectivity index (χ2n) is 4.49. The zero-order valence-corrected chi connectivity index (χ0v) is 12.9. The summed E-state index contributed by atoms with van der Waals surface area (Å²) in [6.07, 6.45) is -3.30. The lowest BCUT2D eigenvalue weighted by molar-refractivity contribution is -0.274. The van der Waals surface area contributed by atoms with Crippen LogP contribution in [0.4, 0.5) is 18.9 Å². The topological polar surface area (TPSA) is 64.4 Å². The molecule has 0 radical (unpaired) electrons. The quantitative estimate of drug-likeness (QED) is 0.802. The van der Waals surface area contributed by atoms with Crippen LogP contribution in [0.3, 0.4) is 0 Å². The van der Waals surface area contributed by atoms with Gasteiger partial charge in [-0.1, -0.05) is 29.3 Å². The van der Waals surface area contributed by atoms with E-state index >= 15 is 0 Å². The SMILES string of the molecule is CCCC(N)CC(=O)Nc1ccc(Br)cc1OC(F)(F)F. The number of carbonyl (C=O) groups excluding carboxylic acids is 1. The number of nitrogens with two attached hydrogens (primary N) is 1. The molecule has 3 N–H and O–H groups in total. The van der Waals surface area contributed by atoms with Gasteiger partial charge in [-0.3, -0.25) is 4.79 Å². The first kappa shape index (κ1) is 17.8. The summed E-state index contributed by atoms with van der Waals surface area (Å²) in [5.41, 5.74) is 5.67. The molecule has 8 heteroatoms. The first-order chi connectivity index (χ1) is 9.71. The number of halogens is 4. The lowest BCUT2D eigenvalue weighted by Crippen LogP contribution is -2.27. The van der Waals surface area contributed by atoms with E-state index in [-0.39, 0.29) is 18.2 Å². The highest BCUT2D eigenvalue weighted by molar-refractivity contribution is 9.10. The van der Waals surface area contributed by atoms with Crippen LogP contribution in [0, 0.1) is 0 Å². The van der Waals surface area contributed by atoms with Gasteiger partial charge < -0.3 is 15.8 Å². The summed E-state index contributed by atoms with van der Waals surface area (Å²) in [6.45, 7) is 1.93. The zero-order chi connectivity index (χ0) is 16.0. The maximum Gasteiger partial charge on any atom is 0.573 e. The Hall–Kier alpha value is -1.28. The molecule has 0 aliphatic carbocycles. The number of anilines is 1. The number of alkyl halides is 3. The molecule has 1 rings (SSSR count). The number of hydrogen-bond donors (Lipinski definition) is 2. The van der Waals surface area contributed by atoms with E-state index in [9.17, 15) is 18.0 Å². The molecule has 0 saturated heterocycles. The molecular formula is C13H16BrF3N2O2. The molecule has 0 aliphatic rings. The predicted octanol–water partition coefficient (Wildman–Crippen LogP) is 3.80. The van der Waals surface area contributed by atoms with Crippen molar-refractivity contribution in [3.63, 3.8) is 0 Å². The molecule has 0 spiro atoms. The van der Waals surface area contributed by atoms with E-state index in [4.69, 9.17) is 5.73 Å². The summed E-state index contributed by atoms with van der Waals surface area (Å²) in [5.74, 6) is -0.931. The van der Waals surface area contributed by atoms with E-state index in [2.05, 4.69) is 26.0 Å². The van der Waals surface area contributed by atoms with Crippen LogP contribution >= 0.6 is 15.9 Å². The maximum atomic E-state index is 12.3. The van der Waals surface area contributed by atoms with Crippen molar-refractivity contribution < 1.29 is 22.7 Å². The summed E-state index contributed by atoms with van der Waals surface area (Å²) in [6, 6.07) is 3.64. The Morgan fingerprint density at radius 2 is 2.14 bits per heavy atom. The van der Waals surface area contributed by atoms with Gasteiger partial charge in [0.05, 0.1) is 5.69 Å². The molecule has 1 amide bonds. The van der Waals surface area contributed by atoms with Gasteiger partial charge in [-0.2, -0.15) is 0 Å². The standard InChI is InChI=1S/C13H16BrF3N2O2/c1-2-3-9(18)7-12(20)19-10-5-4-8(14)6-11(10)21-13(15,16)17/h4-6,9H,2-3,7,18H2,1H3,(H,19,20). The highest BCUT2D eigenvalue weighted by Crippen LogP contribution is 2.33. The van der Waals surface area contributed by atoms with Gasteiger partial charge in [0.15, 0.2) is 5.75 Å².